The zero-order valence-corrected chi connectivity index (χ0v) is 11.4. The van der Waals surface area contributed by atoms with E-state index < -0.39 is 12.0 Å². The molecule has 104 valence electrons. The molecule has 20 heavy (non-hydrogen) atoms. The molecule has 8 heteroatoms. The number of nitrogens with zero attached hydrogens (tertiary/aromatic N) is 5. The number of aromatic nitrogens is 5. The molecule has 0 saturated heterocycles. The molecule has 1 aliphatic rings. The van der Waals surface area contributed by atoms with Crippen LogP contribution in [0.15, 0.2) is 29.9 Å². The summed E-state index contributed by atoms with van der Waals surface area (Å²) in [6, 6.07) is 1.44. The van der Waals surface area contributed by atoms with Gasteiger partial charge in [-0.3, -0.25) is 4.68 Å². The standard InChI is InChI=1S/C12H14N6O2/c1-7-9(11(19)20-3)10(8-4-5-14-17(8)2)18-12(16-7)13-6-15-18/h4-6,10H,1-3H3,(H,13,15,16)/t10-/m1/s1. The molecule has 3 rings (SSSR count). The normalized spacial score (nSPS) is 17.6. The van der Waals surface area contributed by atoms with Crippen molar-refractivity contribution in [3.63, 3.8) is 0 Å². The van der Waals surface area contributed by atoms with Crippen LogP contribution >= 0.6 is 0 Å². The van der Waals surface area contributed by atoms with Gasteiger partial charge in [0, 0.05) is 18.9 Å². The monoisotopic (exact) mass is 274 g/mol. The summed E-state index contributed by atoms with van der Waals surface area (Å²) in [5.41, 5.74) is 2.02. The molecule has 1 N–H and O–H groups in total. The van der Waals surface area contributed by atoms with Gasteiger partial charge in [-0.2, -0.15) is 15.2 Å². The lowest BCUT2D eigenvalue weighted by atomic mass is 10.0. The molecular formula is C12H14N6O2. The SMILES string of the molecule is COC(=O)C1=C(C)Nc2ncnn2[C@@H]1c1ccnn1C. The zero-order chi connectivity index (χ0) is 14.3. The largest absolute Gasteiger partial charge is 0.466 e. The summed E-state index contributed by atoms with van der Waals surface area (Å²) in [5, 5.41) is 11.4. The lowest BCUT2D eigenvalue weighted by Gasteiger charge is -2.27. The van der Waals surface area contributed by atoms with Crippen LogP contribution < -0.4 is 5.32 Å². The van der Waals surface area contributed by atoms with E-state index in [1.54, 1.807) is 15.6 Å². The molecule has 0 unspecified atom stereocenters. The van der Waals surface area contributed by atoms with Gasteiger partial charge in [0.1, 0.15) is 12.4 Å². The number of anilines is 1. The lowest BCUT2D eigenvalue weighted by molar-refractivity contribution is -0.136. The molecule has 0 fully saturated rings. The van der Waals surface area contributed by atoms with E-state index in [9.17, 15) is 4.79 Å². The van der Waals surface area contributed by atoms with Gasteiger partial charge < -0.3 is 10.1 Å². The number of allylic oxidation sites excluding steroid dienone is 1. The molecular weight excluding hydrogens is 260 g/mol. The van der Waals surface area contributed by atoms with Crippen LogP contribution in [-0.2, 0) is 16.6 Å². The summed E-state index contributed by atoms with van der Waals surface area (Å²) < 4.78 is 8.25. The van der Waals surface area contributed by atoms with Crippen molar-refractivity contribution < 1.29 is 9.53 Å². The lowest BCUT2D eigenvalue weighted by Crippen LogP contribution is -2.30. The second kappa shape index (κ2) is 4.48. The fourth-order valence-electron chi connectivity index (χ4n) is 2.39. The number of aryl methyl sites for hydroxylation is 1. The highest BCUT2D eigenvalue weighted by Crippen LogP contribution is 2.34. The second-order valence-electron chi connectivity index (χ2n) is 4.47. The van der Waals surface area contributed by atoms with E-state index >= 15 is 0 Å². The van der Waals surface area contributed by atoms with Gasteiger partial charge in [-0.1, -0.05) is 0 Å². The third-order valence-corrected chi connectivity index (χ3v) is 3.34. The maximum absolute atomic E-state index is 12.1. The highest BCUT2D eigenvalue weighted by atomic mass is 16.5. The van der Waals surface area contributed by atoms with E-state index in [1.165, 1.54) is 13.4 Å². The van der Waals surface area contributed by atoms with Crippen molar-refractivity contribution in [2.75, 3.05) is 12.4 Å². The average molecular weight is 274 g/mol. The number of carbonyl (C=O) groups excluding carboxylic acids is 1. The molecule has 1 aliphatic heterocycles. The Morgan fingerprint density at radius 3 is 2.90 bits per heavy atom. The average Bonchev–Trinajstić information content (AvgIpc) is 3.05. The Kier molecular flexibility index (Phi) is 2.78. The number of carbonyl (C=O) groups is 1. The maximum Gasteiger partial charge on any atom is 0.338 e. The fraction of sp³-hybridized carbons (Fsp3) is 0.333. The van der Waals surface area contributed by atoms with Crippen molar-refractivity contribution >= 4 is 11.9 Å². The summed E-state index contributed by atoms with van der Waals surface area (Å²) in [6.07, 6.45) is 3.12. The Hall–Kier alpha value is -2.64. The molecule has 0 aliphatic carbocycles. The number of hydrogen-bond donors (Lipinski definition) is 1. The minimum Gasteiger partial charge on any atom is -0.466 e. The maximum atomic E-state index is 12.1. The van der Waals surface area contributed by atoms with Crippen molar-refractivity contribution in [2.45, 2.75) is 13.0 Å². The van der Waals surface area contributed by atoms with Crippen LogP contribution in [0.3, 0.4) is 0 Å². The first-order valence-electron chi connectivity index (χ1n) is 6.07. The van der Waals surface area contributed by atoms with E-state index in [2.05, 4.69) is 20.5 Å². The molecule has 2 aromatic rings. The highest BCUT2D eigenvalue weighted by Gasteiger charge is 2.35. The zero-order valence-electron chi connectivity index (χ0n) is 11.4. The van der Waals surface area contributed by atoms with Crippen LogP contribution in [0, 0.1) is 0 Å². The Labute approximate surface area is 115 Å². The van der Waals surface area contributed by atoms with Gasteiger partial charge in [-0.15, -0.1) is 0 Å². The summed E-state index contributed by atoms with van der Waals surface area (Å²) in [5.74, 6) is 0.184. The first-order valence-corrected chi connectivity index (χ1v) is 6.07. The summed E-state index contributed by atoms with van der Waals surface area (Å²) in [4.78, 5) is 16.3. The van der Waals surface area contributed by atoms with Crippen LogP contribution in [0.2, 0.25) is 0 Å². The summed E-state index contributed by atoms with van der Waals surface area (Å²) in [7, 11) is 3.18. The van der Waals surface area contributed by atoms with Gasteiger partial charge in [0.05, 0.1) is 18.4 Å². The van der Waals surface area contributed by atoms with Crippen LogP contribution in [0.1, 0.15) is 18.7 Å². The molecule has 3 heterocycles. The molecule has 0 saturated carbocycles. The number of methoxy groups -OCH3 is 1. The third kappa shape index (κ3) is 1.68. The molecule has 1 atom stereocenters. The van der Waals surface area contributed by atoms with Gasteiger partial charge in [-0.25, -0.2) is 9.48 Å². The van der Waals surface area contributed by atoms with Crippen LogP contribution in [0.5, 0.6) is 0 Å². The van der Waals surface area contributed by atoms with E-state index in [1.807, 2.05) is 20.0 Å². The smallest absolute Gasteiger partial charge is 0.338 e. The summed E-state index contributed by atoms with van der Waals surface area (Å²) in [6.45, 7) is 1.81. The first-order chi connectivity index (χ1) is 9.63. The van der Waals surface area contributed by atoms with Gasteiger partial charge in [0.2, 0.25) is 5.95 Å². The molecule has 8 nitrogen and oxygen atoms in total. The van der Waals surface area contributed by atoms with Crippen LogP contribution in [0.25, 0.3) is 0 Å². The molecule has 0 spiro atoms. The highest BCUT2D eigenvalue weighted by molar-refractivity contribution is 5.92. The summed E-state index contributed by atoms with van der Waals surface area (Å²) >= 11 is 0. The van der Waals surface area contributed by atoms with Gasteiger partial charge in [0.25, 0.3) is 0 Å². The molecule has 0 aromatic carbocycles. The number of nitrogens with one attached hydrogen (secondary N) is 1. The predicted octanol–water partition coefficient (Wildman–Crippen LogP) is 0.473. The minimum atomic E-state index is -0.409. The quantitative estimate of drug-likeness (QED) is 0.801. The second-order valence-corrected chi connectivity index (χ2v) is 4.47. The van der Waals surface area contributed by atoms with Crippen molar-refractivity contribution in [2.24, 2.45) is 7.05 Å². The topological polar surface area (TPSA) is 86.9 Å². The van der Waals surface area contributed by atoms with Gasteiger partial charge in [-0.05, 0) is 13.0 Å². The Morgan fingerprint density at radius 1 is 1.45 bits per heavy atom. The number of esters is 1. The van der Waals surface area contributed by atoms with E-state index in [0.29, 0.717) is 17.2 Å². The number of rotatable bonds is 2. The van der Waals surface area contributed by atoms with E-state index in [4.69, 9.17) is 4.74 Å². The van der Waals surface area contributed by atoms with Gasteiger partial charge in [0.15, 0.2) is 0 Å². The van der Waals surface area contributed by atoms with Crippen molar-refractivity contribution in [3.8, 4) is 0 Å². The van der Waals surface area contributed by atoms with Crippen LogP contribution in [0.4, 0.5) is 5.95 Å². The fourth-order valence-corrected chi connectivity index (χ4v) is 2.39. The first kappa shape index (κ1) is 12.4. The third-order valence-electron chi connectivity index (χ3n) is 3.34. The number of hydrogen-bond acceptors (Lipinski definition) is 6. The minimum absolute atomic E-state index is 0.401. The molecule has 0 bridgehead atoms. The van der Waals surface area contributed by atoms with E-state index in [0.717, 1.165) is 5.69 Å². The Morgan fingerprint density at radius 2 is 2.25 bits per heavy atom. The van der Waals surface area contributed by atoms with Crippen molar-refractivity contribution in [1.82, 2.24) is 24.5 Å². The molecule has 2 aromatic heterocycles. The van der Waals surface area contributed by atoms with Gasteiger partial charge >= 0.3 is 5.97 Å². The molecule has 0 amide bonds. The number of fused-ring (bicyclic) bond motifs is 1. The predicted molar refractivity (Wildman–Crippen MR) is 69.7 cm³/mol. The van der Waals surface area contributed by atoms with Crippen molar-refractivity contribution in [1.29, 1.82) is 0 Å². The van der Waals surface area contributed by atoms with Crippen molar-refractivity contribution in [3.05, 3.63) is 35.6 Å². The van der Waals surface area contributed by atoms with E-state index in [-0.39, 0.29) is 0 Å². The molecule has 0 radical (unpaired) electrons. The van der Waals surface area contributed by atoms with Crippen LogP contribution in [-0.4, -0.2) is 37.6 Å². The Bertz CT molecular complexity index is 698. The Balaban J connectivity index is 2.21. The number of ether oxygens (including phenoxy) is 1.